The van der Waals surface area contributed by atoms with Crippen LogP contribution in [0.2, 0.25) is 0 Å². The van der Waals surface area contributed by atoms with Gasteiger partial charge in [-0.05, 0) is 18.2 Å². The third kappa shape index (κ3) is 1.90. The smallest absolute Gasteiger partial charge is 0.232 e. The predicted octanol–water partition coefficient (Wildman–Crippen LogP) is 3.13. The summed E-state index contributed by atoms with van der Waals surface area (Å²) >= 11 is 0. The lowest BCUT2D eigenvalue weighted by atomic mass is 9.86. The van der Waals surface area contributed by atoms with Gasteiger partial charge in [-0.1, -0.05) is 35.5 Å². The van der Waals surface area contributed by atoms with Crippen LogP contribution in [-0.2, 0) is 0 Å². The maximum atomic E-state index is 12.9. The van der Waals surface area contributed by atoms with E-state index in [2.05, 4.69) is 5.16 Å². The van der Waals surface area contributed by atoms with Crippen LogP contribution < -0.4 is 4.74 Å². The molecule has 0 atom stereocenters. The summed E-state index contributed by atoms with van der Waals surface area (Å²) in [6.45, 7) is 0. The van der Waals surface area contributed by atoms with E-state index in [-0.39, 0.29) is 22.9 Å². The van der Waals surface area contributed by atoms with Crippen LogP contribution in [0.15, 0.2) is 53.1 Å². The number of carbonyl (C=O) groups excluding carboxylic acids is 2. The van der Waals surface area contributed by atoms with Crippen molar-refractivity contribution in [2.45, 2.75) is 0 Å². The number of methoxy groups -OCH3 is 1. The first-order chi connectivity index (χ1) is 11.2. The standard InChI is InChI=1S/C18H11NO4/c1-22-11-7-8-12-13(9-11)16(20)14-15(10-5-3-2-4-6-10)19-23-18(14)17(12)21/h2-9H,1H3. The van der Waals surface area contributed by atoms with Crippen molar-refractivity contribution >= 4 is 11.6 Å². The minimum absolute atomic E-state index is 0.00785. The molecule has 5 nitrogen and oxygen atoms in total. The lowest BCUT2D eigenvalue weighted by Crippen LogP contribution is -2.19. The number of carbonyl (C=O) groups is 2. The number of aromatic nitrogens is 1. The number of ketones is 2. The molecule has 5 heteroatoms. The summed E-state index contributed by atoms with van der Waals surface area (Å²) in [5.74, 6) is -0.113. The summed E-state index contributed by atoms with van der Waals surface area (Å²) in [5.41, 5.74) is 1.93. The Hall–Kier alpha value is -3.21. The van der Waals surface area contributed by atoms with E-state index in [1.807, 2.05) is 30.3 Å². The highest BCUT2D eigenvalue weighted by molar-refractivity contribution is 6.29. The number of hydrogen-bond donors (Lipinski definition) is 0. The van der Waals surface area contributed by atoms with Gasteiger partial charge in [0, 0.05) is 16.7 Å². The maximum absolute atomic E-state index is 12.9. The van der Waals surface area contributed by atoms with Crippen molar-refractivity contribution in [2.75, 3.05) is 7.11 Å². The number of hydrogen-bond acceptors (Lipinski definition) is 5. The van der Waals surface area contributed by atoms with Crippen molar-refractivity contribution in [3.63, 3.8) is 0 Å². The fraction of sp³-hybridized carbons (Fsp3) is 0.0556. The van der Waals surface area contributed by atoms with Crippen molar-refractivity contribution in [3.05, 3.63) is 71.0 Å². The monoisotopic (exact) mass is 305 g/mol. The zero-order valence-corrected chi connectivity index (χ0v) is 12.2. The molecule has 1 aliphatic rings. The fourth-order valence-electron chi connectivity index (χ4n) is 2.74. The molecule has 0 N–H and O–H groups in total. The number of nitrogens with zero attached hydrogens (tertiary/aromatic N) is 1. The summed E-state index contributed by atoms with van der Waals surface area (Å²) in [6.07, 6.45) is 0. The Balaban J connectivity index is 1.94. The highest BCUT2D eigenvalue weighted by atomic mass is 16.5. The third-order valence-corrected chi connectivity index (χ3v) is 3.89. The van der Waals surface area contributed by atoms with E-state index in [0.29, 0.717) is 22.6 Å². The van der Waals surface area contributed by atoms with Crippen molar-refractivity contribution in [3.8, 4) is 17.0 Å². The molecule has 2 aromatic carbocycles. The van der Waals surface area contributed by atoms with Gasteiger partial charge in [-0.3, -0.25) is 9.59 Å². The van der Waals surface area contributed by atoms with Gasteiger partial charge in [-0.15, -0.1) is 0 Å². The SMILES string of the molecule is COc1ccc2c(c1)C(=O)c1c(-c3ccccc3)noc1C2=O. The Morgan fingerprint density at radius 1 is 0.957 bits per heavy atom. The molecule has 0 spiro atoms. The van der Waals surface area contributed by atoms with Crippen molar-refractivity contribution in [1.29, 1.82) is 0 Å². The zero-order chi connectivity index (χ0) is 16.0. The Morgan fingerprint density at radius 2 is 1.74 bits per heavy atom. The molecular weight excluding hydrogens is 294 g/mol. The van der Waals surface area contributed by atoms with Crippen LogP contribution in [0, 0.1) is 0 Å². The fourth-order valence-corrected chi connectivity index (χ4v) is 2.74. The van der Waals surface area contributed by atoms with E-state index in [1.54, 1.807) is 18.2 Å². The molecule has 4 rings (SSSR count). The van der Waals surface area contributed by atoms with Crippen LogP contribution in [0.4, 0.5) is 0 Å². The highest BCUT2D eigenvalue weighted by Gasteiger charge is 2.37. The van der Waals surface area contributed by atoms with Crippen LogP contribution in [0.1, 0.15) is 32.0 Å². The molecule has 0 unspecified atom stereocenters. The molecule has 0 bridgehead atoms. The van der Waals surface area contributed by atoms with Crippen molar-refractivity contribution in [1.82, 2.24) is 5.16 Å². The molecule has 0 aliphatic heterocycles. The van der Waals surface area contributed by atoms with Crippen LogP contribution in [0.5, 0.6) is 5.75 Å². The average Bonchev–Trinajstić information content (AvgIpc) is 3.05. The Labute approximate surface area is 131 Å². The number of ether oxygens (including phenoxy) is 1. The van der Waals surface area contributed by atoms with E-state index in [9.17, 15) is 9.59 Å². The van der Waals surface area contributed by atoms with Gasteiger partial charge < -0.3 is 9.26 Å². The van der Waals surface area contributed by atoms with Crippen LogP contribution in [-0.4, -0.2) is 23.8 Å². The molecule has 0 fully saturated rings. The summed E-state index contributed by atoms with van der Waals surface area (Å²) in [7, 11) is 1.51. The topological polar surface area (TPSA) is 69.4 Å². The summed E-state index contributed by atoms with van der Waals surface area (Å²) < 4.78 is 10.3. The minimum atomic E-state index is -0.341. The third-order valence-electron chi connectivity index (χ3n) is 3.89. The van der Waals surface area contributed by atoms with Crippen molar-refractivity contribution in [2.24, 2.45) is 0 Å². The molecule has 0 saturated carbocycles. The van der Waals surface area contributed by atoms with E-state index in [4.69, 9.17) is 9.26 Å². The summed E-state index contributed by atoms with van der Waals surface area (Å²) in [6, 6.07) is 14.0. The van der Waals surface area contributed by atoms with Crippen LogP contribution in [0.3, 0.4) is 0 Å². The lowest BCUT2D eigenvalue weighted by molar-refractivity contribution is 0.0954. The minimum Gasteiger partial charge on any atom is -0.497 e. The van der Waals surface area contributed by atoms with E-state index >= 15 is 0 Å². The molecule has 23 heavy (non-hydrogen) atoms. The van der Waals surface area contributed by atoms with E-state index in [0.717, 1.165) is 5.56 Å². The Bertz CT molecular complexity index is 941. The first kappa shape index (κ1) is 13.5. The molecule has 3 aromatic rings. The lowest BCUT2D eigenvalue weighted by Gasteiger charge is -2.14. The molecule has 1 heterocycles. The second kappa shape index (κ2) is 4.91. The van der Waals surface area contributed by atoms with Crippen LogP contribution >= 0.6 is 0 Å². The van der Waals surface area contributed by atoms with E-state index < -0.39 is 0 Å². The number of fused-ring (bicyclic) bond motifs is 2. The van der Waals surface area contributed by atoms with Gasteiger partial charge in [0.05, 0.1) is 7.11 Å². The number of rotatable bonds is 2. The molecule has 0 saturated heterocycles. The van der Waals surface area contributed by atoms with Gasteiger partial charge in [0.2, 0.25) is 11.5 Å². The van der Waals surface area contributed by atoms with Gasteiger partial charge in [-0.2, -0.15) is 0 Å². The summed E-state index contributed by atoms with van der Waals surface area (Å²) in [4.78, 5) is 25.4. The van der Waals surface area contributed by atoms with Crippen LogP contribution in [0.25, 0.3) is 11.3 Å². The molecular formula is C18H11NO4. The second-order valence-electron chi connectivity index (χ2n) is 5.17. The Morgan fingerprint density at radius 3 is 2.48 bits per heavy atom. The normalized spacial score (nSPS) is 12.7. The van der Waals surface area contributed by atoms with Gasteiger partial charge in [0.1, 0.15) is 17.0 Å². The van der Waals surface area contributed by atoms with Gasteiger partial charge in [-0.25, -0.2) is 0 Å². The maximum Gasteiger partial charge on any atom is 0.232 e. The number of benzene rings is 2. The molecule has 1 aromatic heterocycles. The largest absolute Gasteiger partial charge is 0.497 e. The predicted molar refractivity (Wildman–Crippen MR) is 81.8 cm³/mol. The highest BCUT2D eigenvalue weighted by Crippen LogP contribution is 2.35. The second-order valence-corrected chi connectivity index (χ2v) is 5.17. The molecule has 112 valence electrons. The van der Waals surface area contributed by atoms with Gasteiger partial charge >= 0.3 is 0 Å². The van der Waals surface area contributed by atoms with Crippen molar-refractivity contribution < 1.29 is 18.8 Å². The first-order valence-electron chi connectivity index (χ1n) is 7.03. The zero-order valence-electron chi connectivity index (χ0n) is 12.2. The Kier molecular flexibility index (Phi) is 2.87. The summed E-state index contributed by atoms with van der Waals surface area (Å²) in [5, 5.41) is 3.95. The first-order valence-corrected chi connectivity index (χ1v) is 7.03. The molecule has 0 amide bonds. The molecule has 1 aliphatic carbocycles. The van der Waals surface area contributed by atoms with Gasteiger partial charge in [0.25, 0.3) is 0 Å². The average molecular weight is 305 g/mol. The molecule has 0 radical (unpaired) electrons. The van der Waals surface area contributed by atoms with E-state index in [1.165, 1.54) is 7.11 Å². The van der Waals surface area contributed by atoms with Gasteiger partial charge in [0.15, 0.2) is 5.78 Å². The quantitative estimate of drug-likeness (QED) is 0.569.